The first-order valence-corrected chi connectivity index (χ1v) is 7.58. The maximum atomic E-state index is 6.14. The van der Waals surface area contributed by atoms with Gasteiger partial charge in [0.15, 0.2) is 0 Å². The molecule has 0 spiro atoms. The predicted molar refractivity (Wildman–Crippen MR) is 91.9 cm³/mol. The van der Waals surface area contributed by atoms with Crippen molar-refractivity contribution < 1.29 is 0 Å². The van der Waals surface area contributed by atoms with E-state index in [1.54, 1.807) is 0 Å². The van der Waals surface area contributed by atoms with E-state index in [-0.39, 0.29) is 0 Å². The van der Waals surface area contributed by atoms with Gasteiger partial charge >= 0.3 is 0 Å². The molecule has 2 nitrogen and oxygen atoms in total. The molecule has 0 aliphatic carbocycles. The van der Waals surface area contributed by atoms with Crippen LogP contribution in [0.4, 0.5) is 17.1 Å². The lowest BCUT2D eigenvalue weighted by Gasteiger charge is -2.24. The van der Waals surface area contributed by atoms with E-state index in [0.29, 0.717) is 5.92 Å². The number of nitrogens with two attached hydrogens (primary N) is 1. The van der Waals surface area contributed by atoms with Crippen LogP contribution in [0.1, 0.15) is 30.9 Å². The molecule has 2 N–H and O–H groups in total. The second-order valence-electron chi connectivity index (χ2n) is 5.46. The molecule has 0 radical (unpaired) electrons. The van der Waals surface area contributed by atoms with Crippen molar-refractivity contribution in [3.8, 4) is 0 Å². The van der Waals surface area contributed by atoms with E-state index in [9.17, 15) is 0 Å². The standard InChI is InChI=1S/C17H21BrN2/c1-11(2)13-6-5-12(3)17(9-13)20(4)16-8-7-14(18)10-15(16)19/h5-11H,19H2,1-4H3. The minimum absolute atomic E-state index is 0.519. The summed E-state index contributed by atoms with van der Waals surface area (Å²) in [5.41, 5.74) is 11.7. The zero-order valence-corrected chi connectivity index (χ0v) is 14.0. The molecule has 2 aromatic carbocycles. The van der Waals surface area contributed by atoms with Crippen molar-refractivity contribution in [2.45, 2.75) is 26.7 Å². The van der Waals surface area contributed by atoms with Crippen molar-refractivity contribution in [3.05, 3.63) is 52.0 Å². The zero-order valence-electron chi connectivity index (χ0n) is 12.4. The van der Waals surface area contributed by atoms with Crippen molar-refractivity contribution in [2.75, 3.05) is 17.7 Å². The van der Waals surface area contributed by atoms with Crippen molar-refractivity contribution in [1.29, 1.82) is 0 Å². The molecule has 0 unspecified atom stereocenters. The number of rotatable bonds is 3. The van der Waals surface area contributed by atoms with Gasteiger partial charge in [0.2, 0.25) is 0 Å². The van der Waals surface area contributed by atoms with Crippen LogP contribution in [-0.2, 0) is 0 Å². The van der Waals surface area contributed by atoms with Crippen LogP contribution in [0, 0.1) is 6.92 Å². The molecule has 0 saturated heterocycles. The zero-order chi connectivity index (χ0) is 14.9. The average molecular weight is 333 g/mol. The summed E-state index contributed by atoms with van der Waals surface area (Å²) in [6, 6.07) is 12.6. The molecule has 20 heavy (non-hydrogen) atoms. The Morgan fingerprint density at radius 3 is 2.35 bits per heavy atom. The first-order valence-electron chi connectivity index (χ1n) is 6.79. The highest BCUT2D eigenvalue weighted by atomic mass is 79.9. The SMILES string of the molecule is Cc1ccc(C(C)C)cc1N(C)c1ccc(Br)cc1N. The van der Waals surface area contributed by atoms with Crippen LogP contribution in [-0.4, -0.2) is 7.05 Å². The minimum atomic E-state index is 0.519. The summed E-state index contributed by atoms with van der Waals surface area (Å²) in [5, 5.41) is 0. The Hall–Kier alpha value is -1.48. The van der Waals surface area contributed by atoms with E-state index in [2.05, 4.69) is 66.8 Å². The van der Waals surface area contributed by atoms with Crippen LogP contribution in [0.5, 0.6) is 0 Å². The molecule has 2 rings (SSSR count). The van der Waals surface area contributed by atoms with Crippen molar-refractivity contribution in [3.63, 3.8) is 0 Å². The van der Waals surface area contributed by atoms with Crippen LogP contribution >= 0.6 is 15.9 Å². The highest BCUT2D eigenvalue weighted by molar-refractivity contribution is 9.10. The number of nitrogen functional groups attached to an aromatic ring is 1. The van der Waals surface area contributed by atoms with Gasteiger partial charge in [-0.1, -0.05) is 41.9 Å². The lowest BCUT2D eigenvalue weighted by molar-refractivity contribution is 0.865. The minimum Gasteiger partial charge on any atom is -0.397 e. The molecule has 2 aromatic rings. The van der Waals surface area contributed by atoms with Crippen LogP contribution in [0.25, 0.3) is 0 Å². The maximum Gasteiger partial charge on any atom is 0.0642 e. The summed E-state index contributed by atoms with van der Waals surface area (Å²) in [7, 11) is 2.06. The van der Waals surface area contributed by atoms with E-state index < -0.39 is 0 Å². The fraction of sp³-hybridized carbons (Fsp3) is 0.294. The molecule has 0 aliphatic heterocycles. The van der Waals surface area contributed by atoms with Gasteiger partial charge in [-0.05, 0) is 48.2 Å². The first kappa shape index (κ1) is 14.9. The number of anilines is 3. The highest BCUT2D eigenvalue weighted by Crippen LogP contribution is 2.34. The number of nitrogens with zero attached hydrogens (tertiary/aromatic N) is 1. The second kappa shape index (κ2) is 5.88. The topological polar surface area (TPSA) is 29.3 Å². The van der Waals surface area contributed by atoms with Crippen LogP contribution in [0.15, 0.2) is 40.9 Å². The number of benzene rings is 2. The van der Waals surface area contributed by atoms with Gasteiger partial charge < -0.3 is 10.6 Å². The highest BCUT2D eigenvalue weighted by Gasteiger charge is 2.12. The van der Waals surface area contributed by atoms with Crippen LogP contribution in [0.2, 0.25) is 0 Å². The lowest BCUT2D eigenvalue weighted by atomic mass is 10.00. The molecule has 0 atom stereocenters. The van der Waals surface area contributed by atoms with Gasteiger partial charge in [-0.2, -0.15) is 0 Å². The van der Waals surface area contributed by atoms with Gasteiger partial charge in [0.05, 0.1) is 11.4 Å². The van der Waals surface area contributed by atoms with Gasteiger partial charge in [0.1, 0.15) is 0 Å². The largest absolute Gasteiger partial charge is 0.397 e. The summed E-state index contributed by atoms with van der Waals surface area (Å²) in [6.07, 6.45) is 0. The van der Waals surface area contributed by atoms with Crippen LogP contribution < -0.4 is 10.6 Å². The second-order valence-corrected chi connectivity index (χ2v) is 6.38. The van der Waals surface area contributed by atoms with E-state index >= 15 is 0 Å². The number of hydrogen-bond acceptors (Lipinski definition) is 2. The molecular formula is C17H21BrN2. The third kappa shape index (κ3) is 2.98. The Labute approximate surface area is 129 Å². The fourth-order valence-electron chi connectivity index (χ4n) is 2.31. The Balaban J connectivity index is 2.47. The molecule has 0 aliphatic rings. The predicted octanol–water partition coefficient (Wildman–Crippen LogP) is 5.23. The molecular weight excluding hydrogens is 312 g/mol. The maximum absolute atomic E-state index is 6.14. The van der Waals surface area contributed by atoms with Crippen molar-refractivity contribution in [2.24, 2.45) is 0 Å². The van der Waals surface area contributed by atoms with Gasteiger partial charge in [-0.25, -0.2) is 0 Å². The quantitative estimate of drug-likeness (QED) is 0.779. The Bertz CT molecular complexity index is 620. The third-order valence-corrected chi connectivity index (χ3v) is 4.11. The summed E-state index contributed by atoms with van der Waals surface area (Å²) >= 11 is 3.45. The first-order chi connectivity index (χ1) is 9.40. The van der Waals surface area contributed by atoms with Gasteiger partial charge in [-0.15, -0.1) is 0 Å². The van der Waals surface area contributed by atoms with E-state index in [1.165, 1.54) is 16.8 Å². The Kier molecular flexibility index (Phi) is 4.39. The van der Waals surface area contributed by atoms with E-state index in [1.807, 2.05) is 18.2 Å². The lowest BCUT2D eigenvalue weighted by Crippen LogP contribution is -2.13. The molecule has 0 fully saturated rings. The van der Waals surface area contributed by atoms with Crippen molar-refractivity contribution in [1.82, 2.24) is 0 Å². The normalized spacial score (nSPS) is 10.9. The molecule has 0 amide bonds. The molecule has 106 valence electrons. The summed E-state index contributed by atoms with van der Waals surface area (Å²) in [6.45, 7) is 6.55. The Morgan fingerprint density at radius 2 is 1.75 bits per heavy atom. The summed E-state index contributed by atoms with van der Waals surface area (Å²) in [5.74, 6) is 0.519. The smallest absolute Gasteiger partial charge is 0.0642 e. The summed E-state index contributed by atoms with van der Waals surface area (Å²) < 4.78 is 1.000. The molecule has 0 bridgehead atoms. The number of halogens is 1. The van der Waals surface area contributed by atoms with E-state index in [4.69, 9.17) is 5.73 Å². The van der Waals surface area contributed by atoms with Gasteiger partial charge in [0, 0.05) is 17.2 Å². The average Bonchev–Trinajstić information content (AvgIpc) is 2.38. The van der Waals surface area contributed by atoms with E-state index in [0.717, 1.165) is 15.8 Å². The summed E-state index contributed by atoms with van der Waals surface area (Å²) in [4.78, 5) is 2.16. The molecule has 3 heteroatoms. The molecule has 0 heterocycles. The number of hydrogen-bond donors (Lipinski definition) is 1. The molecule has 0 saturated carbocycles. The monoisotopic (exact) mass is 332 g/mol. The van der Waals surface area contributed by atoms with Gasteiger partial charge in [-0.3, -0.25) is 0 Å². The van der Waals surface area contributed by atoms with Gasteiger partial charge in [0.25, 0.3) is 0 Å². The third-order valence-electron chi connectivity index (χ3n) is 3.61. The van der Waals surface area contributed by atoms with Crippen molar-refractivity contribution >= 4 is 33.0 Å². The molecule has 0 aromatic heterocycles. The fourth-order valence-corrected chi connectivity index (χ4v) is 2.69. The number of aryl methyl sites for hydroxylation is 1. The Morgan fingerprint density at radius 1 is 1.05 bits per heavy atom. The van der Waals surface area contributed by atoms with Crippen LogP contribution in [0.3, 0.4) is 0 Å².